The van der Waals surface area contributed by atoms with E-state index in [1.807, 2.05) is 13.1 Å². The molecule has 2 aliphatic rings. The molecule has 0 aliphatic carbocycles. The highest BCUT2D eigenvalue weighted by Gasteiger charge is 2.32. The average Bonchev–Trinajstić information content (AvgIpc) is 2.98. The number of sulfonamides is 1. The van der Waals surface area contributed by atoms with Crippen LogP contribution >= 0.6 is 0 Å². The number of rotatable bonds is 4. The first-order chi connectivity index (χ1) is 11.4. The number of hydrogen-bond acceptors (Lipinski definition) is 4. The average molecular weight is 351 g/mol. The summed E-state index contributed by atoms with van der Waals surface area (Å²) in [5, 5.41) is 3.14. The zero-order chi connectivity index (χ0) is 17.3. The minimum Gasteiger partial charge on any atom is -0.319 e. The predicted octanol–water partition coefficient (Wildman–Crippen LogP) is 1.22. The van der Waals surface area contributed by atoms with Gasteiger partial charge in [0.15, 0.2) is 0 Å². The number of fused-ring (bicyclic) bond motifs is 1. The summed E-state index contributed by atoms with van der Waals surface area (Å²) < 4.78 is 27.6. The van der Waals surface area contributed by atoms with Crippen LogP contribution in [0.2, 0.25) is 0 Å². The SMILES string of the molecule is CNC[C@@H]1CCCN(S(=O)(=O)c2ccc3c(c2)N(C(C)=O)CC3)C1. The van der Waals surface area contributed by atoms with Crippen molar-refractivity contribution in [2.45, 2.75) is 31.1 Å². The lowest BCUT2D eigenvalue weighted by Gasteiger charge is -2.32. The fraction of sp³-hybridized carbons (Fsp3) is 0.588. The quantitative estimate of drug-likeness (QED) is 0.885. The van der Waals surface area contributed by atoms with Gasteiger partial charge in [-0.3, -0.25) is 4.79 Å². The molecule has 0 bridgehead atoms. The zero-order valence-electron chi connectivity index (χ0n) is 14.3. The van der Waals surface area contributed by atoms with Crippen LogP contribution in [0.15, 0.2) is 23.1 Å². The molecule has 0 aromatic heterocycles. The summed E-state index contributed by atoms with van der Waals surface area (Å²) in [6, 6.07) is 5.19. The maximum Gasteiger partial charge on any atom is 0.243 e. The Labute approximate surface area is 143 Å². The number of nitrogens with one attached hydrogen (secondary N) is 1. The summed E-state index contributed by atoms with van der Waals surface area (Å²) in [6.07, 6.45) is 2.72. The Hall–Kier alpha value is -1.44. The summed E-state index contributed by atoms with van der Waals surface area (Å²) >= 11 is 0. The van der Waals surface area contributed by atoms with Gasteiger partial charge < -0.3 is 10.2 Å². The van der Waals surface area contributed by atoms with E-state index in [2.05, 4.69) is 5.32 Å². The van der Waals surface area contributed by atoms with Crippen LogP contribution in [-0.4, -0.2) is 51.9 Å². The fourth-order valence-corrected chi connectivity index (χ4v) is 5.27. The Bertz CT molecular complexity index is 731. The number of piperidine rings is 1. The van der Waals surface area contributed by atoms with Gasteiger partial charge in [-0.2, -0.15) is 4.31 Å². The maximum atomic E-state index is 13.0. The van der Waals surface area contributed by atoms with Crippen molar-refractivity contribution in [1.82, 2.24) is 9.62 Å². The van der Waals surface area contributed by atoms with Crippen LogP contribution in [0.25, 0.3) is 0 Å². The minimum atomic E-state index is -3.52. The fourth-order valence-electron chi connectivity index (χ4n) is 3.70. The third-order valence-electron chi connectivity index (χ3n) is 4.94. The smallest absolute Gasteiger partial charge is 0.243 e. The first-order valence-corrected chi connectivity index (χ1v) is 9.93. The van der Waals surface area contributed by atoms with E-state index in [4.69, 9.17) is 0 Å². The Morgan fingerprint density at radius 3 is 2.83 bits per heavy atom. The van der Waals surface area contributed by atoms with Gasteiger partial charge in [0.25, 0.3) is 0 Å². The van der Waals surface area contributed by atoms with E-state index >= 15 is 0 Å². The number of anilines is 1. The van der Waals surface area contributed by atoms with E-state index in [1.165, 1.54) is 6.92 Å². The summed E-state index contributed by atoms with van der Waals surface area (Å²) in [7, 11) is -1.62. The molecule has 0 spiro atoms. The molecule has 3 rings (SSSR count). The second kappa shape index (κ2) is 6.82. The topological polar surface area (TPSA) is 69.7 Å². The molecule has 1 aromatic rings. The van der Waals surface area contributed by atoms with Crippen LogP contribution in [0.5, 0.6) is 0 Å². The normalized spacial score (nSPS) is 21.8. The Kier molecular flexibility index (Phi) is 4.94. The van der Waals surface area contributed by atoms with Gasteiger partial charge in [-0.05, 0) is 56.5 Å². The Morgan fingerprint density at radius 1 is 1.33 bits per heavy atom. The van der Waals surface area contributed by atoms with Crippen molar-refractivity contribution in [2.75, 3.05) is 38.1 Å². The number of carbonyl (C=O) groups excluding carboxylic acids is 1. The maximum absolute atomic E-state index is 13.0. The van der Waals surface area contributed by atoms with E-state index in [9.17, 15) is 13.2 Å². The highest BCUT2D eigenvalue weighted by atomic mass is 32.2. The first-order valence-electron chi connectivity index (χ1n) is 8.49. The zero-order valence-corrected chi connectivity index (χ0v) is 15.1. The van der Waals surface area contributed by atoms with Crippen molar-refractivity contribution in [3.05, 3.63) is 23.8 Å². The van der Waals surface area contributed by atoms with Gasteiger partial charge in [0.2, 0.25) is 15.9 Å². The van der Waals surface area contributed by atoms with Gasteiger partial charge in [-0.1, -0.05) is 6.07 Å². The molecular formula is C17H25N3O3S. The van der Waals surface area contributed by atoms with Crippen molar-refractivity contribution >= 4 is 21.6 Å². The summed E-state index contributed by atoms with van der Waals surface area (Å²) in [4.78, 5) is 13.7. The first kappa shape index (κ1) is 17.4. The Morgan fingerprint density at radius 2 is 2.12 bits per heavy atom. The minimum absolute atomic E-state index is 0.0460. The van der Waals surface area contributed by atoms with E-state index in [-0.39, 0.29) is 5.91 Å². The van der Waals surface area contributed by atoms with E-state index in [1.54, 1.807) is 21.3 Å². The molecule has 2 heterocycles. The number of carbonyl (C=O) groups is 1. The number of benzene rings is 1. The van der Waals surface area contributed by atoms with Gasteiger partial charge >= 0.3 is 0 Å². The lowest BCUT2D eigenvalue weighted by molar-refractivity contribution is -0.116. The van der Waals surface area contributed by atoms with Gasteiger partial charge in [0.1, 0.15) is 0 Å². The third kappa shape index (κ3) is 3.20. The molecular weight excluding hydrogens is 326 g/mol. The van der Waals surface area contributed by atoms with E-state index in [0.29, 0.717) is 30.4 Å². The molecule has 6 nitrogen and oxygen atoms in total. The number of nitrogens with zero attached hydrogens (tertiary/aromatic N) is 2. The molecule has 1 N–H and O–H groups in total. The molecule has 1 fully saturated rings. The summed E-state index contributed by atoms with van der Waals surface area (Å²) in [6.45, 7) is 4.09. The van der Waals surface area contributed by atoms with Crippen LogP contribution in [0, 0.1) is 5.92 Å². The number of amides is 1. The van der Waals surface area contributed by atoms with Crippen molar-refractivity contribution in [2.24, 2.45) is 5.92 Å². The second-order valence-corrected chi connectivity index (χ2v) is 8.58. The molecule has 1 saturated heterocycles. The van der Waals surface area contributed by atoms with Crippen LogP contribution < -0.4 is 10.2 Å². The van der Waals surface area contributed by atoms with Crippen LogP contribution in [0.4, 0.5) is 5.69 Å². The molecule has 0 unspecified atom stereocenters. The second-order valence-electron chi connectivity index (χ2n) is 6.64. The van der Waals surface area contributed by atoms with E-state index < -0.39 is 10.0 Å². The van der Waals surface area contributed by atoms with Crippen molar-refractivity contribution in [3.8, 4) is 0 Å². The highest BCUT2D eigenvalue weighted by Crippen LogP contribution is 2.32. The van der Waals surface area contributed by atoms with E-state index in [0.717, 1.165) is 37.1 Å². The molecule has 1 atom stereocenters. The van der Waals surface area contributed by atoms with Gasteiger partial charge in [0.05, 0.1) is 4.90 Å². The molecule has 24 heavy (non-hydrogen) atoms. The van der Waals surface area contributed by atoms with Crippen LogP contribution in [-0.2, 0) is 21.2 Å². The predicted molar refractivity (Wildman–Crippen MR) is 93.6 cm³/mol. The summed E-state index contributed by atoms with van der Waals surface area (Å²) in [5.41, 5.74) is 1.78. The van der Waals surface area contributed by atoms with Crippen molar-refractivity contribution in [1.29, 1.82) is 0 Å². The molecule has 0 saturated carbocycles. The van der Waals surface area contributed by atoms with Gasteiger partial charge in [0, 0.05) is 32.2 Å². The third-order valence-corrected chi connectivity index (χ3v) is 6.81. The summed E-state index contributed by atoms with van der Waals surface area (Å²) in [5.74, 6) is 0.303. The molecule has 7 heteroatoms. The lowest BCUT2D eigenvalue weighted by Crippen LogP contribution is -2.42. The van der Waals surface area contributed by atoms with Gasteiger partial charge in [-0.15, -0.1) is 0 Å². The monoisotopic (exact) mass is 351 g/mol. The molecule has 2 aliphatic heterocycles. The van der Waals surface area contributed by atoms with Crippen molar-refractivity contribution < 1.29 is 13.2 Å². The number of hydrogen-bond donors (Lipinski definition) is 1. The standard InChI is InChI=1S/C17H25N3O3S/c1-13(21)20-9-7-15-5-6-16(10-17(15)20)24(22,23)19-8-3-4-14(12-19)11-18-2/h5-6,10,14,18H,3-4,7-9,11-12H2,1-2H3/t14-/m0/s1. The molecule has 132 valence electrons. The van der Waals surface area contributed by atoms with Crippen LogP contribution in [0.3, 0.4) is 0 Å². The van der Waals surface area contributed by atoms with Crippen molar-refractivity contribution in [3.63, 3.8) is 0 Å². The van der Waals surface area contributed by atoms with Crippen LogP contribution in [0.1, 0.15) is 25.3 Å². The highest BCUT2D eigenvalue weighted by molar-refractivity contribution is 7.89. The Balaban J connectivity index is 1.88. The van der Waals surface area contributed by atoms with Gasteiger partial charge in [-0.25, -0.2) is 8.42 Å². The largest absolute Gasteiger partial charge is 0.319 e. The lowest BCUT2D eigenvalue weighted by atomic mass is 10.00. The molecule has 1 aromatic carbocycles. The molecule has 1 amide bonds. The molecule has 0 radical (unpaired) electrons.